The molecule has 4 nitrogen and oxygen atoms in total. The second kappa shape index (κ2) is 7.89. The first-order valence-corrected chi connectivity index (χ1v) is 6.70. The van der Waals surface area contributed by atoms with Gasteiger partial charge in [-0.05, 0) is 30.5 Å². The van der Waals surface area contributed by atoms with Gasteiger partial charge in [-0.3, -0.25) is 0 Å². The second-order valence-electron chi connectivity index (χ2n) is 4.64. The molecule has 1 atom stereocenters. The molecule has 0 fully saturated rings. The molecular formula is C15H25NO3. The maximum absolute atomic E-state index is 6.13. The standard InChI is InChI=1S/C15H25NO3/c1-5-6-7-12(16)8-11-9-13(17-2)15(19-4)14(10-11)18-3/h9-10,12H,5-8,16H2,1-4H3. The van der Waals surface area contributed by atoms with E-state index in [1.807, 2.05) is 12.1 Å². The quantitative estimate of drug-likeness (QED) is 0.787. The van der Waals surface area contributed by atoms with Crippen LogP contribution in [0.3, 0.4) is 0 Å². The number of hydrogen-bond donors (Lipinski definition) is 1. The second-order valence-corrected chi connectivity index (χ2v) is 4.64. The fraction of sp³-hybridized carbons (Fsp3) is 0.600. The molecule has 0 aliphatic heterocycles. The van der Waals surface area contributed by atoms with Crippen LogP contribution in [0.15, 0.2) is 12.1 Å². The molecule has 0 radical (unpaired) electrons. The Hall–Kier alpha value is -1.42. The monoisotopic (exact) mass is 267 g/mol. The van der Waals surface area contributed by atoms with Gasteiger partial charge in [-0.1, -0.05) is 19.8 Å². The van der Waals surface area contributed by atoms with Crippen LogP contribution in [0.4, 0.5) is 0 Å². The van der Waals surface area contributed by atoms with Crippen molar-refractivity contribution in [3.63, 3.8) is 0 Å². The van der Waals surface area contributed by atoms with Crippen LogP contribution in [0.25, 0.3) is 0 Å². The Morgan fingerprint density at radius 2 is 1.63 bits per heavy atom. The molecule has 1 rings (SSSR count). The largest absolute Gasteiger partial charge is 0.493 e. The number of nitrogens with two attached hydrogens (primary N) is 1. The summed E-state index contributed by atoms with van der Waals surface area (Å²) in [4.78, 5) is 0. The van der Waals surface area contributed by atoms with Gasteiger partial charge >= 0.3 is 0 Å². The summed E-state index contributed by atoms with van der Waals surface area (Å²) in [5.41, 5.74) is 7.24. The van der Waals surface area contributed by atoms with Crippen LogP contribution in [-0.2, 0) is 6.42 Å². The molecular weight excluding hydrogens is 242 g/mol. The summed E-state index contributed by atoms with van der Waals surface area (Å²) in [7, 11) is 4.85. The van der Waals surface area contributed by atoms with Crippen LogP contribution in [0.5, 0.6) is 17.2 Å². The van der Waals surface area contributed by atoms with Crippen LogP contribution in [0, 0.1) is 0 Å². The van der Waals surface area contributed by atoms with E-state index in [1.165, 1.54) is 6.42 Å². The van der Waals surface area contributed by atoms with Crippen molar-refractivity contribution in [2.45, 2.75) is 38.6 Å². The number of unbranched alkanes of at least 4 members (excludes halogenated alkanes) is 1. The van der Waals surface area contributed by atoms with Crippen LogP contribution in [0.1, 0.15) is 31.7 Å². The van der Waals surface area contributed by atoms with Crippen molar-refractivity contribution in [2.24, 2.45) is 5.73 Å². The number of benzene rings is 1. The smallest absolute Gasteiger partial charge is 0.203 e. The van der Waals surface area contributed by atoms with Gasteiger partial charge in [-0.25, -0.2) is 0 Å². The highest BCUT2D eigenvalue weighted by Crippen LogP contribution is 2.38. The Morgan fingerprint density at radius 1 is 1.05 bits per heavy atom. The lowest BCUT2D eigenvalue weighted by molar-refractivity contribution is 0.323. The van der Waals surface area contributed by atoms with Crippen molar-refractivity contribution in [2.75, 3.05) is 21.3 Å². The first-order valence-electron chi connectivity index (χ1n) is 6.70. The Morgan fingerprint density at radius 3 is 2.05 bits per heavy atom. The minimum absolute atomic E-state index is 0.169. The minimum atomic E-state index is 0.169. The predicted octanol–water partition coefficient (Wildman–Crippen LogP) is 2.77. The molecule has 4 heteroatoms. The van der Waals surface area contributed by atoms with Gasteiger partial charge in [0.15, 0.2) is 11.5 Å². The summed E-state index contributed by atoms with van der Waals surface area (Å²) in [5, 5.41) is 0. The van der Waals surface area contributed by atoms with Crippen LogP contribution in [-0.4, -0.2) is 27.4 Å². The molecule has 19 heavy (non-hydrogen) atoms. The lowest BCUT2D eigenvalue weighted by Crippen LogP contribution is -2.22. The van der Waals surface area contributed by atoms with Gasteiger partial charge in [0.05, 0.1) is 21.3 Å². The zero-order valence-electron chi connectivity index (χ0n) is 12.4. The Kier molecular flexibility index (Phi) is 6.50. The fourth-order valence-corrected chi connectivity index (χ4v) is 2.12. The highest BCUT2D eigenvalue weighted by atomic mass is 16.5. The molecule has 108 valence electrons. The van der Waals surface area contributed by atoms with E-state index in [0.717, 1.165) is 24.8 Å². The Balaban J connectivity index is 2.90. The zero-order chi connectivity index (χ0) is 14.3. The molecule has 0 heterocycles. The highest BCUT2D eigenvalue weighted by Gasteiger charge is 2.14. The van der Waals surface area contributed by atoms with Gasteiger partial charge in [-0.2, -0.15) is 0 Å². The van der Waals surface area contributed by atoms with Crippen molar-refractivity contribution in [1.29, 1.82) is 0 Å². The van der Waals surface area contributed by atoms with E-state index in [-0.39, 0.29) is 6.04 Å². The maximum Gasteiger partial charge on any atom is 0.203 e. The summed E-state index contributed by atoms with van der Waals surface area (Å²) in [6.45, 7) is 2.17. The molecule has 0 bridgehead atoms. The topological polar surface area (TPSA) is 53.7 Å². The van der Waals surface area contributed by atoms with E-state index in [4.69, 9.17) is 19.9 Å². The number of hydrogen-bond acceptors (Lipinski definition) is 4. The van der Waals surface area contributed by atoms with E-state index in [0.29, 0.717) is 17.2 Å². The SMILES string of the molecule is CCCCC(N)Cc1cc(OC)c(OC)c(OC)c1. The molecule has 0 aliphatic carbocycles. The molecule has 1 aromatic rings. The number of rotatable bonds is 8. The predicted molar refractivity (Wildman–Crippen MR) is 77.3 cm³/mol. The number of ether oxygens (including phenoxy) is 3. The van der Waals surface area contributed by atoms with Gasteiger partial charge in [0.25, 0.3) is 0 Å². The summed E-state index contributed by atoms with van der Waals surface area (Å²) in [6.07, 6.45) is 4.18. The third-order valence-electron chi connectivity index (χ3n) is 3.15. The van der Waals surface area contributed by atoms with Gasteiger partial charge in [0.1, 0.15) is 0 Å². The van der Waals surface area contributed by atoms with Crippen molar-refractivity contribution >= 4 is 0 Å². The lowest BCUT2D eigenvalue weighted by atomic mass is 10.0. The van der Waals surface area contributed by atoms with Gasteiger partial charge in [0, 0.05) is 6.04 Å². The fourth-order valence-electron chi connectivity index (χ4n) is 2.12. The highest BCUT2D eigenvalue weighted by molar-refractivity contribution is 5.53. The molecule has 0 aromatic heterocycles. The average molecular weight is 267 g/mol. The average Bonchev–Trinajstić information content (AvgIpc) is 2.43. The Labute approximate surface area is 115 Å². The van der Waals surface area contributed by atoms with E-state index in [2.05, 4.69) is 6.92 Å². The summed E-state index contributed by atoms with van der Waals surface area (Å²) in [6, 6.07) is 4.10. The molecule has 1 unspecified atom stereocenters. The van der Waals surface area contributed by atoms with Crippen LogP contribution < -0.4 is 19.9 Å². The van der Waals surface area contributed by atoms with Crippen molar-refractivity contribution < 1.29 is 14.2 Å². The third kappa shape index (κ3) is 4.31. The normalized spacial score (nSPS) is 12.1. The molecule has 0 saturated carbocycles. The van der Waals surface area contributed by atoms with Crippen molar-refractivity contribution in [3.8, 4) is 17.2 Å². The zero-order valence-corrected chi connectivity index (χ0v) is 12.4. The molecule has 0 aliphatic rings. The maximum atomic E-state index is 6.13. The van der Waals surface area contributed by atoms with Gasteiger partial charge in [0.2, 0.25) is 5.75 Å². The number of methoxy groups -OCH3 is 3. The molecule has 1 aromatic carbocycles. The van der Waals surface area contributed by atoms with E-state index < -0.39 is 0 Å². The Bertz CT molecular complexity index is 368. The summed E-state index contributed by atoms with van der Waals surface area (Å²) >= 11 is 0. The van der Waals surface area contributed by atoms with Crippen LogP contribution in [0.2, 0.25) is 0 Å². The van der Waals surface area contributed by atoms with E-state index >= 15 is 0 Å². The summed E-state index contributed by atoms with van der Waals surface area (Å²) < 4.78 is 16.0. The van der Waals surface area contributed by atoms with Crippen molar-refractivity contribution in [1.82, 2.24) is 0 Å². The summed E-state index contributed by atoms with van der Waals surface area (Å²) in [5.74, 6) is 1.98. The van der Waals surface area contributed by atoms with Crippen molar-refractivity contribution in [3.05, 3.63) is 17.7 Å². The molecule has 0 amide bonds. The molecule has 2 N–H and O–H groups in total. The first kappa shape index (κ1) is 15.6. The third-order valence-corrected chi connectivity index (χ3v) is 3.15. The van der Waals surface area contributed by atoms with E-state index in [1.54, 1.807) is 21.3 Å². The van der Waals surface area contributed by atoms with Gasteiger partial charge in [-0.15, -0.1) is 0 Å². The lowest BCUT2D eigenvalue weighted by Gasteiger charge is -2.16. The molecule has 0 saturated heterocycles. The molecule has 0 spiro atoms. The van der Waals surface area contributed by atoms with Gasteiger partial charge < -0.3 is 19.9 Å². The minimum Gasteiger partial charge on any atom is -0.493 e. The van der Waals surface area contributed by atoms with E-state index in [9.17, 15) is 0 Å². The first-order chi connectivity index (χ1) is 9.15. The van der Waals surface area contributed by atoms with Crippen LogP contribution >= 0.6 is 0 Å².